The molecule has 1 N–H and O–H groups in total. The summed E-state index contributed by atoms with van der Waals surface area (Å²) < 4.78 is 6.53. The fourth-order valence-corrected chi connectivity index (χ4v) is 6.26. The molecule has 4 aliphatic rings. The molecule has 8 nitrogen and oxygen atoms in total. The molecule has 0 radical (unpaired) electrons. The van der Waals surface area contributed by atoms with Gasteiger partial charge in [0.25, 0.3) is 5.91 Å². The SMILES string of the molecule is O=C1CC[C@H](N2Cc3cc(O[C@@H]4CCCC[C@@H]4N4CC(c5cncc(Cl)c5)C4)ccc3C2=O)C(=O)N1. The molecule has 36 heavy (non-hydrogen) atoms. The molecule has 0 bridgehead atoms. The van der Waals surface area contributed by atoms with E-state index in [0.717, 1.165) is 43.7 Å². The molecule has 1 aromatic carbocycles. The van der Waals surface area contributed by atoms with E-state index in [1.54, 1.807) is 11.1 Å². The number of fused-ring (bicyclic) bond motifs is 1. The van der Waals surface area contributed by atoms with Crippen molar-refractivity contribution in [3.8, 4) is 5.75 Å². The number of ether oxygens (including phenoxy) is 1. The number of rotatable bonds is 5. The van der Waals surface area contributed by atoms with Crippen molar-refractivity contribution < 1.29 is 19.1 Å². The van der Waals surface area contributed by atoms with Gasteiger partial charge in [0, 0.05) is 56.0 Å². The Morgan fingerprint density at radius 2 is 1.86 bits per heavy atom. The van der Waals surface area contributed by atoms with Crippen LogP contribution in [-0.2, 0) is 16.1 Å². The Bertz CT molecular complexity index is 1210. The summed E-state index contributed by atoms with van der Waals surface area (Å²) in [5.41, 5.74) is 2.66. The topological polar surface area (TPSA) is 91.8 Å². The van der Waals surface area contributed by atoms with E-state index in [9.17, 15) is 14.4 Å². The van der Waals surface area contributed by atoms with Gasteiger partial charge in [-0.05, 0) is 61.1 Å². The van der Waals surface area contributed by atoms with Gasteiger partial charge in [-0.2, -0.15) is 0 Å². The summed E-state index contributed by atoms with van der Waals surface area (Å²) >= 11 is 6.13. The molecule has 3 fully saturated rings. The maximum atomic E-state index is 13.0. The molecule has 3 amide bonds. The second kappa shape index (κ2) is 9.48. The second-order valence-electron chi connectivity index (χ2n) is 10.3. The fourth-order valence-electron chi connectivity index (χ4n) is 6.08. The third-order valence-electron chi connectivity index (χ3n) is 8.03. The van der Waals surface area contributed by atoms with Crippen LogP contribution in [0, 0.1) is 0 Å². The van der Waals surface area contributed by atoms with Crippen LogP contribution in [0.1, 0.15) is 65.9 Å². The first-order chi connectivity index (χ1) is 17.5. The third-order valence-corrected chi connectivity index (χ3v) is 8.23. The molecule has 6 rings (SSSR count). The van der Waals surface area contributed by atoms with Crippen LogP contribution in [0.25, 0.3) is 0 Å². The van der Waals surface area contributed by atoms with Crippen molar-refractivity contribution in [1.82, 2.24) is 20.1 Å². The summed E-state index contributed by atoms with van der Waals surface area (Å²) in [6.45, 7) is 2.31. The van der Waals surface area contributed by atoms with Crippen LogP contribution in [0.15, 0.2) is 36.7 Å². The van der Waals surface area contributed by atoms with Crippen LogP contribution in [0.2, 0.25) is 5.02 Å². The number of imide groups is 1. The number of hydrogen-bond acceptors (Lipinski definition) is 6. The zero-order chi connectivity index (χ0) is 24.8. The molecule has 188 valence electrons. The summed E-state index contributed by atoms with van der Waals surface area (Å²) in [6, 6.07) is 7.38. The minimum Gasteiger partial charge on any atom is -0.489 e. The molecule has 0 unspecified atom stereocenters. The number of carbonyl (C=O) groups is 3. The predicted molar refractivity (Wildman–Crippen MR) is 133 cm³/mol. The van der Waals surface area contributed by atoms with Gasteiger partial charge in [0.2, 0.25) is 11.8 Å². The van der Waals surface area contributed by atoms with Gasteiger partial charge in [-0.15, -0.1) is 0 Å². The van der Waals surface area contributed by atoms with Crippen molar-refractivity contribution in [2.45, 2.75) is 69.2 Å². The number of hydrogen-bond donors (Lipinski definition) is 1. The first kappa shape index (κ1) is 23.4. The quantitative estimate of drug-likeness (QED) is 0.623. The van der Waals surface area contributed by atoms with Crippen molar-refractivity contribution >= 4 is 29.3 Å². The zero-order valence-electron chi connectivity index (χ0n) is 20.0. The van der Waals surface area contributed by atoms with Crippen molar-refractivity contribution in [1.29, 1.82) is 0 Å². The minimum atomic E-state index is -0.608. The summed E-state index contributed by atoms with van der Waals surface area (Å²) in [6.07, 6.45) is 8.74. The van der Waals surface area contributed by atoms with Gasteiger partial charge >= 0.3 is 0 Å². The van der Waals surface area contributed by atoms with Gasteiger partial charge in [0.15, 0.2) is 0 Å². The first-order valence-electron chi connectivity index (χ1n) is 12.7. The smallest absolute Gasteiger partial charge is 0.255 e. The Balaban J connectivity index is 1.12. The van der Waals surface area contributed by atoms with Crippen LogP contribution in [0.4, 0.5) is 0 Å². The van der Waals surface area contributed by atoms with Gasteiger partial charge in [0.05, 0.1) is 5.02 Å². The molecular weight excluding hydrogens is 480 g/mol. The number of carbonyl (C=O) groups excluding carboxylic acids is 3. The van der Waals surface area contributed by atoms with Gasteiger partial charge in [0.1, 0.15) is 17.9 Å². The number of halogens is 1. The van der Waals surface area contributed by atoms with Gasteiger partial charge in [-0.1, -0.05) is 18.0 Å². The molecule has 1 saturated carbocycles. The Morgan fingerprint density at radius 1 is 1.03 bits per heavy atom. The first-order valence-corrected chi connectivity index (χ1v) is 13.1. The number of piperidine rings is 1. The summed E-state index contributed by atoms with van der Waals surface area (Å²) in [5, 5.41) is 3.03. The lowest BCUT2D eigenvalue weighted by Gasteiger charge is -2.48. The second-order valence-corrected chi connectivity index (χ2v) is 10.8. The molecule has 4 heterocycles. The van der Waals surface area contributed by atoms with E-state index in [2.05, 4.69) is 15.2 Å². The van der Waals surface area contributed by atoms with Gasteiger partial charge < -0.3 is 9.64 Å². The highest BCUT2D eigenvalue weighted by Crippen LogP contribution is 2.37. The van der Waals surface area contributed by atoms with Gasteiger partial charge in [-0.3, -0.25) is 29.6 Å². The average Bonchev–Trinajstić information content (AvgIpc) is 3.15. The molecule has 0 spiro atoms. The van der Waals surface area contributed by atoms with Crippen molar-refractivity contribution in [3.05, 3.63) is 58.4 Å². The Morgan fingerprint density at radius 3 is 2.67 bits per heavy atom. The van der Waals surface area contributed by atoms with Crippen molar-refractivity contribution in [3.63, 3.8) is 0 Å². The van der Waals surface area contributed by atoms with E-state index in [1.807, 2.05) is 30.5 Å². The van der Waals surface area contributed by atoms with Crippen molar-refractivity contribution in [2.24, 2.45) is 0 Å². The van der Waals surface area contributed by atoms with Crippen LogP contribution in [0.3, 0.4) is 0 Å². The Labute approximate surface area is 214 Å². The van der Waals surface area contributed by atoms with E-state index >= 15 is 0 Å². The van der Waals surface area contributed by atoms with E-state index in [0.29, 0.717) is 35.5 Å². The Hall–Kier alpha value is -2.97. The van der Waals surface area contributed by atoms with E-state index < -0.39 is 11.9 Å². The summed E-state index contributed by atoms with van der Waals surface area (Å²) in [7, 11) is 0. The van der Waals surface area contributed by atoms with Crippen LogP contribution in [-0.4, -0.2) is 63.8 Å². The number of benzene rings is 1. The molecule has 1 aliphatic carbocycles. The zero-order valence-corrected chi connectivity index (χ0v) is 20.7. The average molecular weight is 509 g/mol. The number of aromatic nitrogens is 1. The molecule has 9 heteroatoms. The minimum absolute atomic E-state index is 0.0959. The molecule has 1 aromatic heterocycles. The monoisotopic (exact) mass is 508 g/mol. The lowest BCUT2D eigenvalue weighted by molar-refractivity contribution is -0.136. The highest BCUT2D eigenvalue weighted by atomic mass is 35.5. The highest BCUT2D eigenvalue weighted by molar-refractivity contribution is 6.30. The van der Waals surface area contributed by atoms with Crippen LogP contribution in [0.5, 0.6) is 5.75 Å². The van der Waals surface area contributed by atoms with E-state index in [4.69, 9.17) is 16.3 Å². The molecule has 2 aromatic rings. The number of likely N-dealkylation sites (tertiary alicyclic amines) is 1. The molecule has 2 saturated heterocycles. The molecular formula is C27H29ClN4O4. The maximum absolute atomic E-state index is 13.0. The van der Waals surface area contributed by atoms with Gasteiger partial charge in [-0.25, -0.2) is 0 Å². The standard InChI is InChI=1S/C27H29ClN4O4/c28-19-9-16(11-29-12-19)18-13-31(14-18)22-3-1-2-4-24(22)36-20-5-6-21-17(10-20)15-32(27(21)35)23-7-8-25(33)30-26(23)34/h5-6,9-12,18,22-24H,1-4,7-8,13-15H2,(H,30,33,34)/t22-,23-,24+/m0/s1. The third kappa shape index (κ3) is 4.37. The highest BCUT2D eigenvalue weighted by Gasteiger charge is 2.41. The lowest BCUT2D eigenvalue weighted by atomic mass is 9.85. The largest absolute Gasteiger partial charge is 0.489 e. The van der Waals surface area contributed by atoms with Crippen LogP contribution < -0.4 is 10.1 Å². The molecule has 3 aliphatic heterocycles. The van der Waals surface area contributed by atoms with Crippen LogP contribution >= 0.6 is 11.6 Å². The molecule has 3 atom stereocenters. The number of nitrogens with zero attached hydrogens (tertiary/aromatic N) is 3. The van der Waals surface area contributed by atoms with Crippen molar-refractivity contribution in [2.75, 3.05) is 13.1 Å². The number of amides is 3. The lowest BCUT2D eigenvalue weighted by Crippen LogP contribution is -2.57. The maximum Gasteiger partial charge on any atom is 0.255 e. The van der Waals surface area contributed by atoms with E-state index in [-0.39, 0.29) is 24.3 Å². The normalized spacial score (nSPS) is 27.0. The predicted octanol–water partition coefficient (Wildman–Crippen LogP) is 3.29. The van der Waals surface area contributed by atoms with E-state index in [1.165, 1.54) is 12.0 Å². The fraction of sp³-hybridized carbons (Fsp3) is 0.481. The number of nitrogens with one attached hydrogen (secondary N) is 1. The summed E-state index contributed by atoms with van der Waals surface area (Å²) in [5.74, 6) is 0.373. The Kier molecular flexibility index (Phi) is 6.17. The summed E-state index contributed by atoms with van der Waals surface area (Å²) in [4.78, 5) is 45.1. The number of pyridine rings is 1.